The van der Waals surface area contributed by atoms with Gasteiger partial charge in [0.1, 0.15) is 22.6 Å². The molecule has 1 aliphatic rings. The average Bonchev–Trinajstić information content (AvgIpc) is 3.37. The van der Waals surface area contributed by atoms with E-state index in [1.54, 1.807) is 6.07 Å². The van der Waals surface area contributed by atoms with Crippen LogP contribution in [-0.2, 0) is 27.1 Å². The summed E-state index contributed by atoms with van der Waals surface area (Å²) in [6, 6.07) is 3.10. The van der Waals surface area contributed by atoms with Gasteiger partial charge in [-0.2, -0.15) is 0 Å². The molecular weight excluding hydrogens is 580 g/mol. The fraction of sp³-hybridized carbons (Fsp3) is 0.387. The highest BCUT2D eigenvalue weighted by Gasteiger charge is 2.41. The van der Waals surface area contributed by atoms with Gasteiger partial charge in [-0.05, 0) is 24.0 Å². The van der Waals surface area contributed by atoms with E-state index in [1.807, 2.05) is 0 Å². The van der Waals surface area contributed by atoms with Crippen molar-refractivity contribution < 1.29 is 62.1 Å². The lowest BCUT2D eigenvalue weighted by Crippen LogP contribution is -2.21. The van der Waals surface area contributed by atoms with Crippen LogP contribution in [-0.4, -0.2) is 85.8 Å². The summed E-state index contributed by atoms with van der Waals surface area (Å²) in [6.07, 6.45) is -1.13. The molecule has 0 bridgehead atoms. The fourth-order valence-corrected chi connectivity index (χ4v) is 5.44. The minimum atomic E-state index is -1.02. The topological polar surface area (TPSA) is 155 Å². The lowest BCUT2D eigenvalue weighted by Gasteiger charge is -2.20. The maximum Gasteiger partial charge on any atom is 0.342 e. The predicted molar refractivity (Wildman–Crippen MR) is 155 cm³/mol. The number of phenolic OH excluding ortho intramolecular Hbond substituents is 1. The zero-order valence-electron chi connectivity index (χ0n) is 25.7. The average molecular weight is 615 g/mol. The highest BCUT2D eigenvalue weighted by molar-refractivity contribution is 6.17. The Hall–Kier alpha value is -5.07. The van der Waals surface area contributed by atoms with Crippen LogP contribution in [0.1, 0.15) is 38.3 Å². The highest BCUT2D eigenvalue weighted by atomic mass is 16.5. The first-order chi connectivity index (χ1) is 21.1. The second kappa shape index (κ2) is 13.1. The van der Waals surface area contributed by atoms with Gasteiger partial charge < -0.3 is 47.7 Å². The summed E-state index contributed by atoms with van der Waals surface area (Å²) < 4.78 is 49.5. The molecule has 236 valence electrons. The molecule has 3 aromatic carbocycles. The van der Waals surface area contributed by atoms with E-state index in [-0.39, 0.29) is 70.5 Å². The van der Waals surface area contributed by atoms with Crippen LogP contribution in [0.5, 0.6) is 46.0 Å². The normalized spacial score (nSPS) is 13.5. The molecule has 0 saturated heterocycles. The van der Waals surface area contributed by atoms with Crippen LogP contribution >= 0.6 is 0 Å². The van der Waals surface area contributed by atoms with Crippen molar-refractivity contribution in [1.29, 1.82) is 0 Å². The number of fused-ring (bicyclic) bond motifs is 2. The number of methoxy groups -OCH3 is 8. The zero-order chi connectivity index (χ0) is 32.3. The van der Waals surface area contributed by atoms with E-state index in [1.165, 1.54) is 62.9 Å². The largest absolute Gasteiger partial charge is 0.504 e. The minimum Gasteiger partial charge on any atom is -0.504 e. The second-order valence-electron chi connectivity index (χ2n) is 9.54. The number of esters is 2. The maximum atomic E-state index is 13.9. The molecule has 4 rings (SSSR count). The number of ether oxygens (including phenoxy) is 9. The molecule has 1 unspecified atom stereocenters. The van der Waals surface area contributed by atoms with Gasteiger partial charge in [0.05, 0.1) is 74.1 Å². The van der Waals surface area contributed by atoms with Crippen molar-refractivity contribution in [2.45, 2.75) is 25.4 Å². The monoisotopic (exact) mass is 614 g/mol. The van der Waals surface area contributed by atoms with Gasteiger partial charge in [0.15, 0.2) is 40.6 Å². The summed E-state index contributed by atoms with van der Waals surface area (Å²) in [5.74, 6) is -0.717. The van der Waals surface area contributed by atoms with Gasteiger partial charge in [-0.1, -0.05) is 6.07 Å². The SMILES string of the molecule is COC(=O)Cc1cc(CCC2Oc3c(c(OC)c4c(OC)cc(OC)c(OC)c4c3OC)C2=O)c(O)c(OC)c1C(=O)OC. The third kappa shape index (κ3) is 5.18. The molecule has 1 heterocycles. The molecular formula is C31H34O13. The smallest absolute Gasteiger partial charge is 0.342 e. The Bertz CT molecular complexity index is 1630. The van der Waals surface area contributed by atoms with Crippen LogP contribution in [0.4, 0.5) is 0 Å². The Morgan fingerprint density at radius 3 is 1.93 bits per heavy atom. The van der Waals surface area contributed by atoms with Gasteiger partial charge in [0, 0.05) is 6.07 Å². The first kappa shape index (κ1) is 31.9. The van der Waals surface area contributed by atoms with Crippen LogP contribution < -0.4 is 33.2 Å². The van der Waals surface area contributed by atoms with Gasteiger partial charge in [0.25, 0.3) is 0 Å². The number of Topliss-reactive ketones (excluding diaryl/α,β-unsaturated/α-hetero) is 1. The molecule has 0 radical (unpaired) electrons. The van der Waals surface area contributed by atoms with Crippen molar-refractivity contribution in [1.82, 2.24) is 0 Å². The van der Waals surface area contributed by atoms with E-state index >= 15 is 0 Å². The highest BCUT2D eigenvalue weighted by Crippen LogP contribution is 2.57. The Balaban J connectivity index is 1.81. The minimum absolute atomic E-state index is 0.0830. The molecule has 13 nitrogen and oxygen atoms in total. The van der Waals surface area contributed by atoms with Crippen LogP contribution in [0.2, 0.25) is 0 Å². The Labute approximate surface area is 253 Å². The number of phenols is 1. The predicted octanol–water partition coefficient (Wildman–Crippen LogP) is 3.68. The van der Waals surface area contributed by atoms with Crippen molar-refractivity contribution in [3.8, 4) is 46.0 Å². The Morgan fingerprint density at radius 2 is 1.39 bits per heavy atom. The number of ketones is 1. The number of hydrogen-bond donors (Lipinski definition) is 1. The Kier molecular flexibility index (Phi) is 9.46. The first-order valence-electron chi connectivity index (χ1n) is 13.3. The van der Waals surface area contributed by atoms with Crippen LogP contribution in [0.3, 0.4) is 0 Å². The summed E-state index contributed by atoms with van der Waals surface area (Å²) in [5.41, 5.74) is 0.569. The maximum absolute atomic E-state index is 13.9. The van der Waals surface area contributed by atoms with E-state index in [2.05, 4.69) is 0 Å². The number of aryl methyl sites for hydroxylation is 1. The summed E-state index contributed by atoms with van der Waals surface area (Å²) >= 11 is 0. The summed E-state index contributed by atoms with van der Waals surface area (Å²) in [6.45, 7) is 0. The molecule has 0 amide bonds. The van der Waals surface area contributed by atoms with Crippen LogP contribution in [0.15, 0.2) is 12.1 Å². The molecule has 0 spiro atoms. The van der Waals surface area contributed by atoms with E-state index in [0.29, 0.717) is 33.6 Å². The summed E-state index contributed by atoms with van der Waals surface area (Å²) in [4.78, 5) is 38.6. The molecule has 3 aromatic rings. The van der Waals surface area contributed by atoms with Crippen molar-refractivity contribution in [3.05, 3.63) is 34.4 Å². The molecule has 0 fully saturated rings. The third-order valence-corrected chi connectivity index (χ3v) is 7.42. The second-order valence-corrected chi connectivity index (χ2v) is 9.54. The Morgan fingerprint density at radius 1 is 0.750 bits per heavy atom. The molecule has 1 atom stereocenters. The summed E-state index contributed by atoms with van der Waals surface area (Å²) in [5, 5.41) is 11.9. The van der Waals surface area contributed by atoms with Crippen molar-refractivity contribution in [3.63, 3.8) is 0 Å². The van der Waals surface area contributed by atoms with Crippen LogP contribution in [0, 0.1) is 0 Å². The van der Waals surface area contributed by atoms with Crippen molar-refractivity contribution >= 4 is 28.5 Å². The lowest BCUT2D eigenvalue weighted by atomic mass is 9.94. The van der Waals surface area contributed by atoms with E-state index in [4.69, 9.17) is 42.6 Å². The van der Waals surface area contributed by atoms with Gasteiger partial charge in [-0.3, -0.25) is 9.59 Å². The zero-order valence-corrected chi connectivity index (χ0v) is 25.7. The van der Waals surface area contributed by atoms with E-state index < -0.39 is 18.0 Å². The van der Waals surface area contributed by atoms with Crippen molar-refractivity contribution in [2.24, 2.45) is 0 Å². The van der Waals surface area contributed by atoms with Gasteiger partial charge in [0.2, 0.25) is 5.78 Å². The number of hydrogen-bond acceptors (Lipinski definition) is 13. The molecule has 1 N–H and O–H groups in total. The third-order valence-electron chi connectivity index (χ3n) is 7.42. The van der Waals surface area contributed by atoms with Gasteiger partial charge >= 0.3 is 11.9 Å². The number of carbonyl (C=O) groups is 3. The molecule has 0 saturated carbocycles. The number of carbonyl (C=O) groups excluding carboxylic acids is 3. The van der Waals surface area contributed by atoms with Gasteiger partial charge in [-0.15, -0.1) is 0 Å². The molecule has 44 heavy (non-hydrogen) atoms. The number of rotatable bonds is 12. The van der Waals surface area contributed by atoms with Crippen LogP contribution in [0.25, 0.3) is 10.8 Å². The van der Waals surface area contributed by atoms with Crippen molar-refractivity contribution in [2.75, 3.05) is 56.9 Å². The first-order valence-corrected chi connectivity index (χ1v) is 13.3. The lowest BCUT2D eigenvalue weighted by molar-refractivity contribution is -0.139. The fourth-order valence-electron chi connectivity index (χ4n) is 5.44. The molecule has 0 aromatic heterocycles. The molecule has 13 heteroatoms. The number of aromatic hydroxyl groups is 1. The quantitative estimate of drug-likeness (QED) is 0.295. The van der Waals surface area contributed by atoms with E-state index in [0.717, 1.165) is 0 Å². The summed E-state index contributed by atoms with van der Waals surface area (Å²) in [7, 11) is 10.9. The standard InChI is InChI=1S/C31H34O13/c1-36-17-13-18(37-2)26(39-4)22-21(17)27(40-5)23-25(34)16(44-30(23)29(22)42-7)10-9-14-11-15(12-19(32)38-3)20(31(35)43-8)28(41-6)24(14)33/h11,13,16,33H,9-10,12H2,1-8H3. The molecule has 1 aliphatic heterocycles. The molecule has 0 aliphatic carbocycles. The number of benzene rings is 3. The van der Waals surface area contributed by atoms with E-state index in [9.17, 15) is 19.5 Å². The van der Waals surface area contributed by atoms with Gasteiger partial charge in [-0.25, -0.2) is 4.79 Å².